The number of carbonyl (C=O) groups is 2. The van der Waals surface area contributed by atoms with Crippen molar-refractivity contribution in [2.45, 2.75) is 24.3 Å². The zero-order valence-electron chi connectivity index (χ0n) is 12.3. The molecule has 2 rings (SSSR count). The van der Waals surface area contributed by atoms with Crippen LogP contribution in [0.1, 0.15) is 13.8 Å². The smallest absolute Gasteiger partial charge is 0.321 e. The number of nitrogens with zero attached hydrogens (tertiary/aromatic N) is 3. The van der Waals surface area contributed by atoms with Gasteiger partial charge in [-0.15, -0.1) is 10.2 Å². The van der Waals surface area contributed by atoms with Crippen molar-refractivity contribution in [1.29, 1.82) is 0 Å². The van der Waals surface area contributed by atoms with Crippen molar-refractivity contribution in [1.82, 2.24) is 25.4 Å². The van der Waals surface area contributed by atoms with Crippen molar-refractivity contribution in [2.24, 2.45) is 0 Å². The summed E-state index contributed by atoms with van der Waals surface area (Å²) in [5.41, 5.74) is 0.909. The summed E-state index contributed by atoms with van der Waals surface area (Å²) in [5, 5.41) is 12.8. The van der Waals surface area contributed by atoms with Gasteiger partial charge in [0.05, 0.1) is 5.25 Å². The standard InChI is InChI=1S/C14H17N5O2S/c1-3-15-13(21)17-12(20)10(2)22-14-18-16-9-19(14)11-7-5-4-6-8-11/h4-10H,3H2,1-2H3,(H2,15,17,20,21). The van der Waals surface area contributed by atoms with E-state index in [0.29, 0.717) is 11.7 Å². The van der Waals surface area contributed by atoms with Crippen LogP contribution in [0.5, 0.6) is 0 Å². The Morgan fingerprint density at radius 1 is 1.32 bits per heavy atom. The molecule has 0 saturated heterocycles. The lowest BCUT2D eigenvalue weighted by molar-refractivity contribution is -0.119. The van der Waals surface area contributed by atoms with Gasteiger partial charge >= 0.3 is 6.03 Å². The number of nitrogens with one attached hydrogen (secondary N) is 2. The minimum Gasteiger partial charge on any atom is -0.338 e. The Kier molecular flexibility index (Phi) is 5.54. The molecule has 1 atom stereocenters. The molecule has 1 aromatic heterocycles. The summed E-state index contributed by atoms with van der Waals surface area (Å²) in [4.78, 5) is 23.3. The maximum absolute atomic E-state index is 12.0. The first-order valence-electron chi connectivity index (χ1n) is 6.82. The van der Waals surface area contributed by atoms with E-state index in [9.17, 15) is 9.59 Å². The molecule has 2 aromatic rings. The Balaban J connectivity index is 2.04. The lowest BCUT2D eigenvalue weighted by atomic mass is 10.3. The first kappa shape index (κ1) is 16.0. The van der Waals surface area contributed by atoms with Crippen molar-refractivity contribution in [3.05, 3.63) is 36.7 Å². The molecule has 1 aromatic carbocycles. The molecule has 0 saturated carbocycles. The van der Waals surface area contributed by atoms with Gasteiger partial charge in [-0.25, -0.2) is 4.79 Å². The van der Waals surface area contributed by atoms with E-state index < -0.39 is 11.3 Å². The van der Waals surface area contributed by atoms with E-state index in [2.05, 4.69) is 20.8 Å². The zero-order chi connectivity index (χ0) is 15.9. The molecule has 0 bridgehead atoms. The summed E-state index contributed by atoms with van der Waals surface area (Å²) in [6.07, 6.45) is 1.59. The van der Waals surface area contributed by atoms with E-state index in [1.807, 2.05) is 30.3 Å². The van der Waals surface area contributed by atoms with Crippen LogP contribution in [0.15, 0.2) is 41.8 Å². The monoisotopic (exact) mass is 319 g/mol. The molecular formula is C14H17N5O2S. The molecule has 22 heavy (non-hydrogen) atoms. The second-order valence-electron chi connectivity index (χ2n) is 4.43. The Hall–Kier alpha value is -2.35. The first-order valence-corrected chi connectivity index (χ1v) is 7.70. The second kappa shape index (κ2) is 7.60. The lowest BCUT2D eigenvalue weighted by Crippen LogP contribution is -2.42. The number of amides is 3. The SMILES string of the molecule is CCNC(=O)NC(=O)C(C)Sc1nncn1-c1ccccc1. The molecule has 1 unspecified atom stereocenters. The third kappa shape index (κ3) is 4.08. The Labute approximate surface area is 132 Å². The molecule has 0 aliphatic heterocycles. The Morgan fingerprint density at radius 2 is 2.05 bits per heavy atom. The number of urea groups is 1. The molecule has 1 heterocycles. The molecule has 0 radical (unpaired) electrons. The fourth-order valence-corrected chi connectivity index (χ4v) is 2.54. The molecular weight excluding hydrogens is 302 g/mol. The zero-order valence-corrected chi connectivity index (χ0v) is 13.1. The van der Waals surface area contributed by atoms with Gasteiger partial charge in [-0.05, 0) is 26.0 Å². The van der Waals surface area contributed by atoms with Crippen LogP contribution in [0.2, 0.25) is 0 Å². The quantitative estimate of drug-likeness (QED) is 0.817. The van der Waals surface area contributed by atoms with Gasteiger partial charge in [-0.3, -0.25) is 14.7 Å². The van der Waals surface area contributed by atoms with E-state index in [0.717, 1.165) is 5.69 Å². The number of benzene rings is 1. The first-order chi connectivity index (χ1) is 10.6. The average Bonchev–Trinajstić information content (AvgIpc) is 2.96. The van der Waals surface area contributed by atoms with Crippen LogP contribution < -0.4 is 10.6 Å². The maximum atomic E-state index is 12.0. The van der Waals surface area contributed by atoms with Crippen molar-refractivity contribution in [3.63, 3.8) is 0 Å². The summed E-state index contributed by atoms with van der Waals surface area (Å²) in [7, 11) is 0. The molecule has 0 aliphatic rings. The second-order valence-corrected chi connectivity index (χ2v) is 5.74. The van der Waals surface area contributed by atoms with Gasteiger partial charge < -0.3 is 5.32 Å². The molecule has 0 aliphatic carbocycles. The highest BCUT2D eigenvalue weighted by Crippen LogP contribution is 2.23. The van der Waals surface area contributed by atoms with Crippen molar-refractivity contribution in [2.75, 3.05) is 6.54 Å². The maximum Gasteiger partial charge on any atom is 0.321 e. The van der Waals surface area contributed by atoms with Crippen LogP contribution in [0, 0.1) is 0 Å². The number of imide groups is 1. The number of carbonyl (C=O) groups excluding carboxylic acids is 2. The average molecular weight is 319 g/mol. The Morgan fingerprint density at radius 3 is 2.73 bits per heavy atom. The van der Waals surface area contributed by atoms with Gasteiger partial charge in [0, 0.05) is 12.2 Å². The number of rotatable bonds is 5. The summed E-state index contributed by atoms with van der Waals surface area (Å²) in [6.45, 7) is 3.96. The molecule has 7 nitrogen and oxygen atoms in total. The highest BCUT2D eigenvalue weighted by molar-refractivity contribution is 8.00. The summed E-state index contributed by atoms with van der Waals surface area (Å²) in [5.74, 6) is -0.376. The Bertz CT molecular complexity index is 644. The molecule has 0 fully saturated rings. The molecule has 0 spiro atoms. The van der Waals surface area contributed by atoms with Crippen LogP contribution in [-0.2, 0) is 4.79 Å². The van der Waals surface area contributed by atoms with Gasteiger partial charge in [-0.2, -0.15) is 0 Å². The van der Waals surface area contributed by atoms with Gasteiger partial charge in [0.15, 0.2) is 5.16 Å². The molecule has 8 heteroatoms. The van der Waals surface area contributed by atoms with Crippen LogP contribution in [0.25, 0.3) is 5.69 Å². The van der Waals surface area contributed by atoms with E-state index in [1.165, 1.54) is 11.8 Å². The third-order valence-electron chi connectivity index (χ3n) is 2.78. The third-order valence-corrected chi connectivity index (χ3v) is 3.83. The van der Waals surface area contributed by atoms with Gasteiger partial charge in [0.2, 0.25) is 5.91 Å². The van der Waals surface area contributed by atoms with Crippen LogP contribution >= 0.6 is 11.8 Å². The number of para-hydroxylation sites is 1. The van der Waals surface area contributed by atoms with Crippen LogP contribution in [-0.4, -0.2) is 38.5 Å². The number of aromatic nitrogens is 3. The van der Waals surface area contributed by atoms with E-state index in [4.69, 9.17) is 0 Å². The predicted molar refractivity (Wildman–Crippen MR) is 83.9 cm³/mol. The highest BCUT2D eigenvalue weighted by atomic mass is 32.2. The fourth-order valence-electron chi connectivity index (χ4n) is 1.70. The minimum absolute atomic E-state index is 0.376. The summed E-state index contributed by atoms with van der Waals surface area (Å²) in [6, 6.07) is 9.09. The summed E-state index contributed by atoms with van der Waals surface area (Å²) < 4.78 is 1.79. The number of thioether (sulfide) groups is 1. The lowest BCUT2D eigenvalue weighted by Gasteiger charge is -2.11. The van der Waals surface area contributed by atoms with Gasteiger partial charge in [-0.1, -0.05) is 30.0 Å². The van der Waals surface area contributed by atoms with Crippen molar-refractivity contribution in [3.8, 4) is 5.69 Å². The predicted octanol–water partition coefficient (Wildman–Crippen LogP) is 1.59. The molecule has 116 valence electrons. The topological polar surface area (TPSA) is 88.9 Å². The largest absolute Gasteiger partial charge is 0.338 e. The van der Waals surface area contributed by atoms with Crippen LogP contribution in [0.4, 0.5) is 4.79 Å². The molecule has 3 amide bonds. The van der Waals surface area contributed by atoms with Gasteiger partial charge in [0.1, 0.15) is 6.33 Å². The number of hydrogen-bond donors (Lipinski definition) is 2. The van der Waals surface area contributed by atoms with Crippen molar-refractivity contribution < 1.29 is 9.59 Å². The summed E-state index contributed by atoms with van der Waals surface area (Å²) >= 11 is 1.24. The van der Waals surface area contributed by atoms with Gasteiger partial charge in [0.25, 0.3) is 0 Å². The normalized spacial score (nSPS) is 11.7. The molecule has 2 N–H and O–H groups in total. The highest BCUT2D eigenvalue weighted by Gasteiger charge is 2.19. The van der Waals surface area contributed by atoms with E-state index in [1.54, 1.807) is 24.7 Å². The van der Waals surface area contributed by atoms with E-state index >= 15 is 0 Å². The number of hydrogen-bond acceptors (Lipinski definition) is 5. The fraction of sp³-hybridized carbons (Fsp3) is 0.286. The minimum atomic E-state index is -0.496. The van der Waals surface area contributed by atoms with E-state index in [-0.39, 0.29) is 5.91 Å². The van der Waals surface area contributed by atoms with Crippen LogP contribution in [0.3, 0.4) is 0 Å². The van der Waals surface area contributed by atoms with Crippen molar-refractivity contribution >= 4 is 23.7 Å².